The lowest BCUT2D eigenvalue weighted by Gasteiger charge is -2.27. The zero-order valence-corrected chi connectivity index (χ0v) is 19.6. The number of nitrogens with one attached hydrogen (secondary N) is 1. The first-order valence-electron chi connectivity index (χ1n) is 11.7. The Morgan fingerprint density at radius 3 is 2.42 bits per heavy atom. The van der Waals surface area contributed by atoms with E-state index in [4.69, 9.17) is 14.2 Å². The van der Waals surface area contributed by atoms with Crippen LogP contribution in [-0.4, -0.2) is 48.0 Å². The third-order valence-electron chi connectivity index (χ3n) is 6.20. The molecule has 1 unspecified atom stereocenters. The second-order valence-corrected chi connectivity index (χ2v) is 8.61. The number of hydrogen-bond donors (Lipinski definition) is 1. The maximum atomic E-state index is 12.9. The van der Waals surface area contributed by atoms with Gasteiger partial charge >= 0.3 is 5.97 Å². The topological polar surface area (TPSA) is 111 Å². The molecule has 0 fully saturated rings. The highest BCUT2D eigenvalue weighted by molar-refractivity contribution is 6.25. The summed E-state index contributed by atoms with van der Waals surface area (Å²) in [5.74, 6) is -0.510. The number of fused-ring (bicyclic) bond motifs is 1. The SMILES string of the molecule is CC(OC(=O)CCCN1C(=O)c2cccc3cccc(c23)C1=O)C(=O)NCc1ccc2c(c1)OCO2. The van der Waals surface area contributed by atoms with Crippen LogP contribution in [0.1, 0.15) is 46.0 Å². The van der Waals surface area contributed by atoms with Crippen LogP contribution in [0.4, 0.5) is 0 Å². The smallest absolute Gasteiger partial charge is 0.306 e. The van der Waals surface area contributed by atoms with E-state index >= 15 is 0 Å². The molecule has 184 valence electrons. The first-order valence-corrected chi connectivity index (χ1v) is 11.7. The van der Waals surface area contributed by atoms with Crippen LogP contribution < -0.4 is 14.8 Å². The number of amides is 3. The van der Waals surface area contributed by atoms with Crippen molar-refractivity contribution < 1.29 is 33.4 Å². The maximum Gasteiger partial charge on any atom is 0.306 e. The Morgan fingerprint density at radius 1 is 1.00 bits per heavy atom. The van der Waals surface area contributed by atoms with Gasteiger partial charge in [0.15, 0.2) is 17.6 Å². The van der Waals surface area contributed by atoms with Crippen molar-refractivity contribution in [2.75, 3.05) is 13.3 Å². The first-order chi connectivity index (χ1) is 17.4. The zero-order chi connectivity index (χ0) is 25.2. The molecule has 1 N–H and O–H groups in total. The summed E-state index contributed by atoms with van der Waals surface area (Å²) in [6.07, 6.45) is -0.808. The molecule has 0 spiro atoms. The molecule has 3 amide bonds. The van der Waals surface area contributed by atoms with Gasteiger partial charge in [-0.05, 0) is 48.6 Å². The Labute approximate surface area is 206 Å². The fourth-order valence-electron chi connectivity index (χ4n) is 4.36. The normalized spacial score (nSPS) is 14.6. The fraction of sp³-hybridized carbons (Fsp3) is 0.259. The fourth-order valence-corrected chi connectivity index (χ4v) is 4.36. The number of rotatable bonds is 8. The average Bonchev–Trinajstić information content (AvgIpc) is 3.35. The number of hydrogen-bond acceptors (Lipinski definition) is 7. The van der Waals surface area contributed by atoms with Gasteiger partial charge in [-0.2, -0.15) is 0 Å². The minimum atomic E-state index is -0.991. The largest absolute Gasteiger partial charge is 0.454 e. The van der Waals surface area contributed by atoms with Crippen LogP contribution in [0.2, 0.25) is 0 Å². The molecule has 0 saturated heterocycles. The molecule has 2 aliphatic heterocycles. The highest BCUT2D eigenvalue weighted by Gasteiger charge is 2.32. The van der Waals surface area contributed by atoms with Gasteiger partial charge in [-0.25, -0.2) is 0 Å². The van der Waals surface area contributed by atoms with E-state index in [2.05, 4.69) is 5.32 Å². The molecule has 3 aromatic carbocycles. The summed E-state index contributed by atoms with van der Waals surface area (Å²) in [6, 6.07) is 16.0. The summed E-state index contributed by atoms with van der Waals surface area (Å²) in [7, 11) is 0. The van der Waals surface area contributed by atoms with E-state index in [1.807, 2.05) is 18.2 Å². The van der Waals surface area contributed by atoms with Crippen molar-refractivity contribution >= 4 is 34.5 Å². The van der Waals surface area contributed by atoms with Crippen LogP contribution in [-0.2, 0) is 20.9 Å². The van der Waals surface area contributed by atoms with Crippen molar-refractivity contribution in [3.05, 3.63) is 71.3 Å². The summed E-state index contributed by atoms with van der Waals surface area (Å²) < 4.78 is 15.8. The number of benzene rings is 3. The van der Waals surface area contributed by atoms with E-state index < -0.39 is 18.0 Å². The highest BCUT2D eigenvalue weighted by Crippen LogP contribution is 2.32. The van der Waals surface area contributed by atoms with Crippen molar-refractivity contribution in [2.24, 2.45) is 0 Å². The molecule has 3 aromatic rings. The standard InChI is InChI=1S/C27H24N2O7/c1-16(25(31)28-14-17-10-11-21-22(13-17)35-15-34-21)36-23(30)9-4-12-29-26(32)19-7-2-5-18-6-3-8-20(24(18)19)27(29)33/h2-3,5-8,10-11,13,16H,4,9,12,14-15H2,1H3,(H,28,31). The van der Waals surface area contributed by atoms with Crippen molar-refractivity contribution in [3.63, 3.8) is 0 Å². The predicted molar refractivity (Wildman–Crippen MR) is 129 cm³/mol. The Hall–Kier alpha value is -4.40. The number of carbonyl (C=O) groups excluding carboxylic acids is 4. The zero-order valence-electron chi connectivity index (χ0n) is 19.6. The van der Waals surface area contributed by atoms with Crippen molar-refractivity contribution in [1.82, 2.24) is 10.2 Å². The molecule has 9 nitrogen and oxygen atoms in total. The molecule has 5 rings (SSSR count). The molecule has 0 radical (unpaired) electrons. The van der Waals surface area contributed by atoms with Gasteiger partial charge in [0.2, 0.25) is 6.79 Å². The van der Waals surface area contributed by atoms with Crippen molar-refractivity contribution in [3.8, 4) is 11.5 Å². The lowest BCUT2D eigenvalue weighted by atomic mass is 9.94. The molecular formula is C27H24N2O7. The number of nitrogens with zero attached hydrogens (tertiary/aromatic N) is 1. The van der Waals surface area contributed by atoms with E-state index in [-0.39, 0.29) is 44.5 Å². The molecule has 2 heterocycles. The Kier molecular flexibility index (Phi) is 6.28. The molecule has 2 aliphatic rings. The van der Waals surface area contributed by atoms with Gasteiger partial charge < -0.3 is 19.5 Å². The summed E-state index contributed by atoms with van der Waals surface area (Å²) in [4.78, 5) is 51.7. The Balaban J connectivity index is 1.10. The number of carbonyl (C=O) groups is 4. The average molecular weight is 488 g/mol. The minimum absolute atomic E-state index is 0.0390. The van der Waals surface area contributed by atoms with Gasteiger partial charge in [-0.15, -0.1) is 0 Å². The van der Waals surface area contributed by atoms with Gasteiger partial charge in [0, 0.05) is 36.0 Å². The van der Waals surface area contributed by atoms with Crippen LogP contribution in [0.5, 0.6) is 11.5 Å². The van der Waals surface area contributed by atoms with Crippen molar-refractivity contribution in [2.45, 2.75) is 32.4 Å². The first kappa shape index (κ1) is 23.3. The minimum Gasteiger partial charge on any atom is -0.454 e. The van der Waals surface area contributed by atoms with E-state index in [0.717, 1.165) is 15.8 Å². The van der Waals surface area contributed by atoms with E-state index in [1.165, 1.54) is 6.92 Å². The van der Waals surface area contributed by atoms with Gasteiger partial charge in [0.25, 0.3) is 17.7 Å². The van der Waals surface area contributed by atoms with E-state index in [0.29, 0.717) is 28.0 Å². The lowest BCUT2D eigenvalue weighted by molar-refractivity contribution is -0.155. The molecular weight excluding hydrogens is 464 g/mol. The molecule has 9 heteroatoms. The van der Waals surface area contributed by atoms with E-state index in [1.54, 1.807) is 36.4 Å². The van der Waals surface area contributed by atoms with E-state index in [9.17, 15) is 19.2 Å². The van der Waals surface area contributed by atoms with Gasteiger partial charge in [0.05, 0.1) is 0 Å². The van der Waals surface area contributed by atoms with Crippen LogP contribution in [0, 0.1) is 0 Å². The Bertz CT molecular complexity index is 1330. The summed E-state index contributed by atoms with van der Waals surface area (Å²) in [6.45, 7) is 1.97. The van der Waals surface area contributed by atoms with Crippen LogP contribution in [0.3, 0.4) is 0 Å². The van der Waals surface area contributed by atoms with Crippen molar-refractivity contribution in [1.29, 1.82) is 0 Å². The maximum absolute atomic E-state index is 12.9. The van der Waals surface area contributed by atoms with Gasteiger partial charge in [-0.1, -0.05) is 30.3 Å². The van der Waals surface area contributed by atoms with Crippen LogP contribution >= 0.6 is 0 Å². The molecule has 1 atom stereocenters. The van der Waals surface area contributed by atoms with Gasteiger partial charge in [-0.3, -0.25) is 24.1 Å². The third kappa shape index (κ3) is 4.47. The monoisotopic (exact) mass is 488 g/mol. The summed E-state index contributed by atoms with van der Waals surface area (Å²) >= 11 is 0. The molecule has 0 saturated carbocycles. The lowest BCUT2D eigenvalue weighted by Crippen LogP contribution is -2.41. The molecule has 0 bridgehead atoms. The Morgan fingerprint density at radius 2 is 1.69 bits per heavy atom. The molecule has 36 heavy (non-hydrogen) atoms. The molecule has 0 aromatic heterocycles. The second kappa shape index (κ2) is 9.69. The number of imide groups is 1. The third-order valence-corrected chi connectivity index (χ3v) is 6.20. The highest BCUT2D eigenvalue weighted by atomic mass is 16.7. The summed E-state index contributed by atoms with van der Waals surface area (Å²) in [5.41, 5.74) is 1.76. The quantitative estimate of drug-likeness (QED) is 0.383. The predicted octanol–water partition coefficient (Wildman–Crippen LogP) is 3.19. The molecule has 0 aliphatic carbocycles. The van der Waals surface area contributed by atoms with Crippen LogP contribution in [0.15, 0.2) is 54.6 Å². The second-order valence-electron chi connectivity index (χ2n) is 8.61. The van der Waals surface area contributed by atoms with Gasteiger partial charge in [0.1, 0.15) is 0 Å². The number of ether oxygens (including phenoxy) is 3. The summed E-state index contributed by atoms with van der Waals surface area (Å²) in [5, 5.41) is 4.22. The van der Waals surface area contributed by atoms with Crippen LogP contribution in [0.25, 0.3) is 10.8 Å². The number of esters is 1.